The summed E-state index contributed by atoms with van der Waals surface area (Å²) in [5.41, 5.74) is 0. The van der Waals surface area contributed by atoms with E-state index in [-0.39, 0.29) is 17.6 Å². The van der Waals surface area contributed by atoms with Gasteiger partial charge in [-0.2, -0.15) is 0 Å². The number of hydrogen-bond acceptors (Lipinski definition) is 2. The van der Waals surface area contributed by atoms with E-state index in [4.69, 9.17) is 0 Å². The highest BCUT2D eigenvalue weighted by Gasteiger charge is 2.31. The lowest BCUT2D eigenvalue weighted by Gasteiger charge is -2.35. The number of piperidine rings is 1. The molecule has 1 saturated heterocycles. The van der Waals surface area contributed by atoms with Gasteiger partial charge in [0, 0.05) is 24.9 Å². The van der Waals surface area contributed by atoms with Crippen molar-refractivity contribution in [3.05, 3.63) is 0 Å². The van der Waals surface area contributed by atoms with E-state index in [0.717, 1.165) is 44.7 Å². The third kappa shape index (κ3) is 3.12. The van der Waals surface area contributed by atoms with E-state index < -0.39 is 0 Å². The number of likely N-dealkylation sites (tertiary alicyclic amines) is 1. The van der Waals surface area contributed by atoms with E-state index in [1.165, 1.54) is 12.8 Å². The Balaban J connectivity index is 1.82. The second-order valence-corrected chi connectivity index (χ2v) is 6.17. The van der Waals surface area contributed by atoms with Crippen LogP contribution >= 0.6 is 0 Å². The second kappa shape index (κ2) is 5.85. The minimum atomic E-state index is 0.195. The van der Waals surface area contributed by atoms with Gasteiger partial charge in [0.2, 0.25) is 5.91 Å². The minimum absolute atomic E-state index is 0.195. The minimum Gasteiger partial charge on any atom is -0.342 e. The summed E-state index contributed by atoms with van der Waals surface area (Å²) in [5.74, 6) is 1.88. The first-order valence-corrected chi connectivity index (χ1v) is 7.37. The van der Waals surface area contributed by atoms with Crippen LogP contribution in [-0.2, 0) is 9.59 Å². The zero-order chi connectivity index (χ0) is 13.1. The summed E-state index contributed by atoms with van der Waals surface area (Å²) in [6, 6.07) is 0. The first kappa shape index (κ1) is 13.6. The highest BCUT2D eigenvalue weighted by atomic mass is 16.2. The first-order valence-electron chi connectivity index (χ1n) is 7.37. The van der Waals surface area contributed by atoms with Crippen molar-refractivity contribution in [2.24, 2.45) is 17.8 Å². The third-order valence-electron chi connectivity index (χ3n) is 4.75. The molecule has 0 radical (unpaired) electrons. The zero-order valence-corrected chi connectivity index (χ0v) is 11.7. The molecular formula is C15H25NO2. The van der Waals surface area contributed by atoms with Crippen molar-refractivity contribution in [3.63, 3.8) is 0 Å². The maximum atomic E-state index is 12.4. The van der Waals surface area contributed by atoms with Crippen LogP contribution in [0.5, 0.6) is 0 Å². The SMILES string of the molecule is CC(=O)C1CCN(C(=O)C2CCC(C)CC2)CC1. The quantitative estimate of drug-likeness (QED) is 0.756. The lowest BCUT2D eigenvalue weighted by atomic mass is 9.82. The van der Waals surface area contributed by atoms with Gasteiger partial charge in [0.15, 0.2) is 0 Å². The molecule has 1 saturated carbocycles. The molecule has 0 bridgehead atoms. The van der Waals surface area contributed by atoms with Crippen LogP contribution in [0.4, 0.5) is 0 Å². The summed E-state index contributed by atoms with van der Waals surface area (Å²) >= 11 is 0. The van der Waals surface area contributed by atoms with Gasteiger partial charge in [-0.1, -0.05) is 6.92 Å². The van der Waals surface area contributed by atoms with Crippen molar-refractivity contribution >= 4 is 11.7 Å². The normalized spacial score (nSPS) is 30.2. The zero-order valence-electron chi connectivity index (χ0n) is 11.7. The summed E-state index contributed by atoms with van der Waals surface area (Å²) < 4.78 is 0. The maximum absolute atomic E-state index is 12.4. The monoisotopic (exact) mass is 251 g/mol. The number of carbonyl (C=O) groups is 2. The Morgan fingerprint density at radius 1 is 0.889 bits per heavy atom. The summed E-state index contributed by atoms with van der Waals surface area (Å²) in [7, 11) is 0. The summed E-state index contributed by atoms with van der Waals surface area (Å²) in [6.45, 7) is 5.52. The topological polar surface area (TPSA) is 37.4 Å². The van der Waals surface area contributed by atoms with Gasteiger partial charge in [0.25, 0.3) is 0 Å². The van der Waals surface area contributed by atoms with Crippen molar-refractivity contribution in [1.82, 2.24) is 4.90 Å². The van der Waals surface area contributed by atoms with Crippen molar-refractivity contribution < 1.29 is 9.59 Å². The molecule has 0 aromatic rings. The molecule has 0 N–H and O–H groups in total. The molecule has 0 unspecified atom stereocenters. The summed E-state index contributed by atoms with van der Waals surface area (Å²) in [4.78, 5) is 25.7. The molecule has 0 aromatic carbocycles. The standard InChI is InChI=1S/C15H25NO2/c1-11-3-5-14(6-4-11)15(18)16-9-7-13(8-10-16)12(2)17/h11,13-14H,3-10H2,1-2H3. The van der Waals surface area contributed by atoms with Gasteiger partial charge < -0.3 is 4.90 Å². The predicted octanol–water partition coefficient (Wildman–Crippen LogP) is 2.64. The Kier molecular flexibility index (Phi) is 4.41. The van der Waals surface area contributed by atoms with Crippen LogP contribution in [0.25, 0.3) is 0 Å². The first-order chi connectivity index (χ1) is 8.58. The van der Waals surface area contributed by atoms with Crippen LogP contribution in [0, 0.1) is 17.8 Å². The van der Waals surface area contributed by atoms with Crippen molar-refractivity contribution in [2.75, 3.05) is 13.1 Å². The predicted molar refractivity (Wildman–Crippen MR) is 71.1 cm³/mol. The fraction of sp³-hybridized carbons (Fsp3) is 0.867. The number of hydrogen-bond donors (Lipinski definition) is 0. The molecule has 2 aliphatic rings. The smallest absolute Gasteiger partial charge is 0.225 e. The Morgan fingerprint density at radius 2 is 1.44 bits per heavy atom. The van der Waals surface area contributed by atoms with Gasteiger partial charge in [0.1, 0.15) is 5.78 Å². The molecule has 0 atom stereocenters. The maximum Gasteiger partial charge on any atom is 0.225 e. The van der Waals surface area contributed by atoms with Crippen LogP contribution in [0.1, 0.15) is 52.4 Å². The van der Waals surface area contributed by atoms with Gasteiger partial charge in [-0.05, 0) is 51.4 Å². The Hall–Kier alpha value is -0.860. The van der Waals surface area contributed by atoms with Gasteiger partial charge in [-0.3, -0.25) is 9.59 Å². The van der Waals surface area contributed by atoms with Crippen LogP contribution in [-0.4, -0.2) is 29.7 Å². The van der Waals surface area contributed by atoms with Gasteiger partial charge in [-0.25, -0.2) is 0 Å². The Morgan fingerprint density at radius 3 is 1.94 bits per heavy atom. The second-order valence-electron chi connectivity index (χ2n) is 6.17. The van der Waals surface area contributed by atoms with Crippen molar-refractivity contribution in [1.29, 1.82) is 0 Å². The van der Waals surface area contributed by atoms with Gasteiger partial charge in [-0.15, -0.1) is 0 Å². The average Bonchev–Trinajstić information content (AvgIpc) is 2.39. The molecular weight excluding hydrogens is 226 g/mol. The van der Waals surface area contributed by atoms with Crippen LogP contribution < -0.4 is 0 Å². The number of carbonyl (C=O) groups excluding carboxylic acids is 2. The number of ketones is 1. The fourth-order valence-corrected chi connectivity index (χ4v) is 3.27. The lowest BCUT2D eigenvalue weighted by Crippen LogP contribution is -2.43. The molecule has 3 heteroatoms. The molecule has 1 heterocycles. The van der Waals surface area contributed by atoms with E-state index in [1.807, 2.05) is 4.90 Å². The molecule has 2 fully saturated rings. The highest BCUT2D eigenvalue weighted by Crippen LogP contribution is 2.30. The summed E-state index contributed by atoms with van der Waals surface area (Å²) in [5, 5.41) is 0. The van der Waals surface area contributed by atoms with Crippen LogP contribution in [0.2, 0.25) is 0 Å². The molecule has 1 amide bonds. The Labute approximate surface area is 110 Å². The highest BCUT2D eigenvalue weighted by molar-refractivity contribution is 5.81. The largest absolute Gasteiger partial charge is 0.342 e. The lowest BCUT2D eigenvalue weighted by molar-refractivity contribution is -0.139. The molecule has 18 heavy (non-hydrogen) atoms. The number of Topliss-reactive ketones (excluding diaryl/α,β-unsaturated/α-hetero) is 1. The van der Waals surface area contributed by atoms with Crippen molar-refractivity contribution in [2.45, 2.75) is 52.4 Å². The van der Waals surface area contributed by atoms with Crippen molar-refractivity contribution in [3.8, 4) is 0 Å². The molecule has 1 aliphatic heterocycles. The molecule has 0 aromatic heterocycles. The Bertz CT molecular complexity index is 310. The van der Waals surface area contributed by atoms with Crippen LogP contribution in [0.15, 0.2) is 0 Å². The number of rotatable bonds is 2. The van der Waals surface area contributed by atoms with Gasteiger partial charge >= 0.3 is 0 Å². The molecule has 1 aliphatic carbocycles. The van der Waals surface area contributed by atoms with E-state index in [1.54, 1.807) is 6.92 Å². The average molecular weight is 251 g/mol. The molecule has 3 nitrogen and oxygen atoms in total. The molecule has 0 spiro atoms. The van der Waals surface area contributed by atoms with E-state index >= 15 is 0 Å². The van der Waals surface area contributed by atoms with E-state index in [9.17, 15) is 9.59 Å². The van der Waals surface area contributed by atoms with E-state index in [2.05, 4.69) is 6.92 Å². The fourth-order valence-electron chi connectivity index (χ4n) is 3.27. The number of nitrogens with zero attached hydrogens (tertiary/aromatic N) is 1. The number of amides is 1. The van der Waals surface area contributed by atoms with E-state index in [0.29, 0.717) is 5.91 Å². The van der Waals surface area contributed by atoms with Crippen LogP contribution in [0.3, 0.4) is 0 Å². The molecule has 2 rings (SSSR count). The third-order valence-corrected chi connectivity index (χ3v) is 4.75. The molecule has 102 valence electrons. The van der Waals surface area contributed by atoms with Gasteiger partial charge in [0.05, 0.1) is 0 Å². The summed E-state index contributed by atoms with van der Waals surface area (Å²) in [6.07, 6.45) is 6.24.